The highest BCUT2D eigenvalue weighted by atomic mass is 32.3. The van der Waals surface area contributed by atoms with Crippen molar-refractivity contribution in [1.82, 2.24) is 0 Å². The molecule has 5 N–H and O–H groups in total. The van der Waals surface area contributed by atoms with E-state index in [1.807, 2.05) is 0 Å². The molecule has 47 heavy (non-hydrogen) atoms. The number of rotatable bonds is 15. The highest BCUT2D eigenvalue weighted by molar-refractivity contribution is 7.91. The van der Waals surface area contributed by atoms with E-state index < -0.39 is 98.3 Å². The predicted molar refractivity (Wildman–Crippen MR) is 159 cm³/mol. The van der Waals surface area contributed by atoms with Crippen molar-refractivity contribution in [2.45, 2.75) is 9.79 Å². The molecule has 0 aromatic heterocycles. The van der Waals surface area contributed by atoms with Gasteiger partial charge < -0.3 is 5.11 Å². The summed E-state index contributed by atoms with van der Waals surface area (Å²) in [5.41, 5.74) is 1.39. The predicted octanol–water partition coefficient (Wildman–Crippen LogP) is -1.98. The summed E-state index contributed by atoms with van der Waals surface area (Å²) >= 11 is 0. The molecule has 0 amide bonds. The van der Waals surface area contributed by atoms with Gasteiger partial charge in [-0.3, -0.25) is 29.5 Å². The molecule has 0 aliphatic carbocycles. The van der Waals surface area contributed by atoms with Gasteiger partial charge in [0, 0.05) is 6.07 Å². The lowest BCUT2D eigenvalue weighted by atomic mass is 10.2. The highest BCUT2D eigenvalue weighted by Crippen LogP contribution is 2.17. The topological polar surface area (TPSA) is 316 Å². The first-order valence-corrected chi connectivity index (χ1v) is 18.3. The van der Waals surface area contributed by atoms with Gasteiger partial charge in [-0.15, -0.1) is 0 Å². The molecule has 0 saturated carbocycles. The minimum atomic E-state index is -4.88. The summed E-state index contributed by atoms with van der Waals surface area (Å²) in [6, 6.07) is 9.71. The van der Waals surface area contributed by atoms with Crippen molar-refractivity contribution >= 4 is 57.8 Å². The second kappa shape index (κ2) is 14.6. The molecule has 3 aromatic carbocycles. The number of carboxylic acid groups (broad SMARTS) is 1. The molecule has 0 saturated heterocycles. The van der Waals surface area contributed by atoms with Gasteiger partial charge in [-0.05, 0) is 42.5 Å². The quantitative estimate of drug-likeness (QED) is 0.0833. The third kappa shape index (κ3) is 10.8. The van der Waals surface area contributed by atoms with E-state index in [0.717, 1.165) is 36.4 Å². The summed E-state index contributed by atoms with van der Waals surface area (Å²) in [6.45, 7) is -1.75. The summed E-state index contributed by atoms with van der Waals surface area (Å²) in [7, 11) is -17.9. The zero-order valence-electron chi connectivity index (χ0n) is 23.2. The molecule has 0 spiro atoms. The maximum Gasteiger partial charge on any atom is 0.397 e. The van der Waals surface area contributed by atoms with Crippen LogP contribution < -0.4 is 32.4 Å². The fourth-order valence-corrected chi connectivity index (χ4v) is 6.48. The van der Waals surface area contributed by atoms with Crippen LogP contribution in [0.5, 0.6) is 0 Å². The van der Waals surface area contributed by atoms with Crippen LogP contribution in [0.3, 0.4) is 0 Å². The minimum Gasteiger partial charge on any atom is -0.478 e. The first-order valence-electron chi connectivity index (χ1n) is 12.3. The molecule has 0 bridgehead atoms. The largest absolute Gasteiger partial charge is 0.478 e. The van der Waals surface area contributed by atoms with Crippen LogP contribution in [0.4, 0.5) is 11.4 Å². The number of carbonyl (C=O) groups is 1. The average Bonchev–Trinajstić information content (AvgIpc) is 2.95. The Morgan fingerprint density at radius 3 is 1.72 bits per heavy atom. The molecule has 20 nitrogen and oxygen atoms in total. The van der Waals surface area contributed by atoms with Gasteiger partial charge in [-0.25, -0.2) is 30.0 Å². The summed E-state index contributed by atoms with van der Waals surface area (Å²) in [6.07, 6.45) is 0. The third-order valence-corrected chi connectivity index (χ3v) is 9.89. The van der Waals surface area contributed by atoms with Crippen LogP contribution in [0.2, 0.25) is 0 Å². The Labute approximate surface area is 265 Å². The molecule has 0 aliphatic heterocycles. The zero-order valence-corrected chi connectivity index (χ0v) is 26.5. The number of benzene rings is 3. The number of anilines is 2. The van der Waals surface area contributed by atoms with E-state index in [0.29, 0.717) is 6.07 Å². The van der Waals surface area contributed by atoms with Gasteiger partial charge in [-0.2, -0.15) is 27.0 Å². The third-order valence-electron chi connectivity index (χ3n) is 5.59. The molecule has 24 heteroatoms. The van der Waals surface area contributed by atoms with Crippen LogP contribution >= 0.6 is 0 Å². The summed E-state index contributed by atoms with van der Waals surface area (Å²) in [4.78, 5) is 36.7. The van der Waals surface area contributed by atoms with Crippen molar-refractivity contribution in [1.29, 1.82) is 0 Å². The molecular weight excluding hydrogens is 717 g/mol. The first-order chi connectivity index (χ1) is 21.7. The van der Waals surface area contributed by atoms with Crippen LogP contribution in [-0.2, 0) is 48.8 Å². The minimum absolute atomic E-state index is 0.0386. The molecule has 0 fully saturated rings. The lowest BCUT2D eigenvalue weighted by Crippen LogP contribution is -2.50. The lowest BCUT2D eigenvalue weighted by Gasteiger charge is -2.06. The number of sulfone groups is 2. The Hall–Kier alpha value is -4.43. The smallest absolute Gasteiger partial charge is 0.397 e. The molecule has 0 radical (unpaired) electrons. The number of nitrogens with zero attached hydrogens (tertiary/aromatic N) is 2. The van der Waals surface area contributed by atoms with E-state index in [-0.39, 0.29) is 21.2 Å². The average molecular weight is 739 g/mol. The summed E-state index contributed by atoms with van der Waals surface area (Å²) < 4.78 is 117. The van der Waals surface area contributed by atoms with E-state index in [1.165, 1.54) is 12.1 Å². The van der Waals surface area contributed by atoms with Crippen LogP contribution in [0.1, 0.15) is 10.4 Å². The maximum atomic E-state index is 13.1. The first kappa shape index (κ1) is 37.0. The zero-order chi connectivity index (χ0) is 35.2. The molecule has 0 heterocycles. The molecule has 0 atom stereocenters. The molecule has 0 aliphatic rings. The van der Waals surface area contributed by atoms with Crippen molar-refractivity contribution in [3.63, 3.8) is 0 Å². The van der Waals surface area contributed by atoms with E-state index >= 15 is 0 Å². The van der Waals surface area contributed by atoms with Crippen LogP contribution in [0.15, 0.2) is 84.2 Å². The Bertz CT molecular complexity index is 2350. The van der Waals surface area contributed by atoms with Crippen LogP contribution in [-0.4, -0.2) is 78.6 Å². The van der Waals surface area contributed by atoms with Crippen molar-refractivity contribution in [2.75, 3.05) is 35.6 Å². The van der Waals surface area contributed by atoms with E-state index in [9.17, 15) is 53.2 Å². The number of carboxylic acids is 1. The number of hydrogen-bond acceptors (Lipinski definition) is 17. The second-order valence-corrected chi connectivity index (χ2v) is 15.3. The SMILES string of the molecule is O=C(O)c1cc(=O)c(=NNc2cccc(S(=O)(=O)CCOS(=O)(=O)O)c2)c(=O)c1=NNc1ccc(S(=O)(=O)CCOS(=O)(=O)O)cc1. The molecule has 0 unspecified atom stereocenters. The van der Waals surface area contributed by atoms with E-state index in [2.05, 4.69) is 29.4 Å². The Morgan fingerprint density at radius 1 is 0.681 bits per heavy atom. The van der Waals surface area contributed by atoms with Crippen LogP contribution in [0.25, 0.3) is 0 Å². The van der Waals surface area contributed by atoms with Gasteiger partial charge in [0.05, 0.1) is 51.4 Å². The number of aromatic carboxylic acids is 1. The number of nitrogens with one attached hydrogen (secondary N) is 2. The molecule has 254 valence electrons. The fourth-order valence-electron chi connectivity index (χ4n) is 3.46. The van der Waals surface area contributed by atoms with Crippen molar-refractivity contribution in [3.05, 3.63) is 91.3 Å². The normalized spacial score (nSPS) is 13.4. The van der Waals surface area contributed by atoms with Gasteiger partial charge in [0.1, 0.15) is 5.36 Å². The van der Waals surface area contributed by atoms with Crippen molar-refractivity contribution < 1.29 is 61.0 Å². The highest BCUT2D eigenvalue weighted by Gasteiger charge is 2.19. The lowest BCUT2D eigenvalue weighted by molar-refractivity contribution is 0.0694. The summed E-state index contributed by atoms with van der Waals surface area (Å²) in [5, 5.41) is 15.3. The standard InChI is InChI=1S/C23H22N4O16S4/c28-19-13-18(23(30)31)20(26-24-14-4-6-16(7-5-14)44(32,33)10-8-42-46(36,37)38)22(29)21(19)27-25-15-2-1-3-17(12-15)45(34,35)11-9-43-47(39,40)41/h1-7,12-13,24-25H,8-11H2,(H,30,31)(H,36,37,38)(H,39,40,41). The van der Waals surface area contributed by atoms with Crippen LogP contribution in [0, 0.1) is 0 Å². The van der Waals surface area contributed by atoms with E-state index in [1.54, 1.807) is 0 Å². The summed E-state index contributed by atoms with van der Waals surface area (Å²) in [5.74, 6) is -3.36. The van der Waals surface area contributed by atoms with Gasteiger partial charge in [0.25, 0.3) is 0 Å². The van der Waals surface area contributed by atoms with E-state index in [4.69, 9.17) is 9.11 Å². The van der Waals surface area contributed by atoms with Crippen molar-refractivity contribution in [3.8, 4) is 0 Å². The Balaban J connectivity index is 1.90. The van der Waals surface area contributed by atoms with Gasteiger partial charge in [-0.1, -0.05) is 6.07 Å². The monoisotopic (exact) mass is 738 g/mol. The molecule has 3 rings (SSSR count). The van der Waals surface area contributed by atoms with Crippen molar-refractivity contribution in [2.24, 2.45) is 10.2 Å². The van der Waals surface area contributed by atoms with Gasteiger partial charge in [0.2, 0.25) is 10.9 Å². The fraction of sp³-hybridized carbons (Fsp3) is 0.174. The Kier molecular flexibility index (Phi) is 11.5. The van der Waals surface area contributed by atoms with Gasteiger partial charge >= 0.3 is 26.8 Å². The van der Waals surface area contributed by atoms with Gasteiger partial charge in [0.15, 0.2) is 25.0 Å². The maximum absolute atomic E-state index is 13.1. The number of hydrogen-bond donors (Lipinski definition) is 5. The molecule has 3 aromatic rings. The molecular formula is C23H22N4O16S4. The second-order valence-electron chi connectivity index (χ2n) is 8.89. The Morgan fingerprint density at radius 2 is 1.19 bits per heavy atom.